The molecule has 3 heterocycles. The van der Waals surface area contributed by atoms with Gasteiger partial charge in [-0.25, -0.2) is 0 Å². The Labute approximate surface area is 260 Å². The van der Waals surface area contributed by atoms with E-state index in [1.54, 1.807) is 0 Å². The zero-order valence-electron chi connectivity index (χ0n) is 23.9. The average molecular weight is 629 g/mol. The Morgan fingerprint density at radius 3 is 1.00 bits per heavy atom. The van der Waals surface area contributed by atoms with E-state index >= 15 is 0 Å². The van der Waals surface area contributed by atoms with Crippen LogP contribution in [0.15, 0.2) is 54.6 Å². The van der Waals surface area contributed by atoms with Gasteiger partial charge in [-0.1, -0.05) is 36.4 Å². The van der Waals surface area contributed by atoms with Crippen LogP contribution in [0, 0.1) is 0 Å². The van der Waals surface area contributed by atoms with E-state index in [9.17, 15) is 44.1 Å². The van der Waals surface area contributed by atoms with E-state index in [4.69, 9.17) is 14.3 Å². The highest BCUT2D eigenvalue weighted by Gasteiger charge is 2.50. The molecule has 46 heavy (non-hydrogen) atoms. The number of carbonyl (C=O) groups excluding carboxylic acids is 6. The van der Waals surface area contributed by atoms with Crippen molar-refractivity contribution in [2.24, 2.45) is 0 Å². The summed E-state index contributed by atoms with van der Waals surface area (Å²) < 4.78 is 16.4. The van der Waals surface area contributed by atoms with Crippen molar-refractivity contribution in [2.75, 3.05) is 19.8 Å². The second kappa shape index (κ2) is 12.4. The molecule has 3 N–H and O–H groups in total. The number of fused-ring (bicyclic) bond motifs is 3. The first-order valence-electron chi connectivity index (χ1n) is 14.1. The minimum absolute atomic E-state index is 0.0306. The van der Waals surface area contributed by atoms with Crippen LogP contribution in [0.5, 0.6) is 0 Å². The number of hydrogen-bond donors (Lipinski definition) is 3. The van der Waals surface area contributed by atoms with Crippen LogP contribution in [0.25, 0.3) is 0 Å². The van der Waals surface area contributed by atoms with Gasteiger partial charge in [0.1, 0.15) is 0 Å². The molecule has 3 aliphatic rings. The first-order chi connectivity index (χ1) is 22.2. The van der Waals surface area contributed by atoms with E-state index in [1.807, 2.05) is 0 Å². The molecule has 0 unspecified atom stereocenters. The number of imide groups is 3. The SMILES string of the molecule is O=C1c2cccc(CCO)c2C(=O)N1OB(ON1C(=O)c2cccc(CCO)c2C1=O)ON1C(=O)c2cccc(CCO)c2C1=O. The second-order valence-electron chi connectivity index (χ2n) is 10.3. The molecule has 0 saturated carbocycles. The van der Waals surface area contributed by atoms with Gasteiger partial charge in [-0.05, 0) is 54.2 Å². The van der Waals surface area contributed by atoms with Gasteiger partial charge in [0.2, 0.25) is 0 Å². The summed E-state index contributed by atoms with van der Waals surface area (Å²) in [6, 6.07) is 13.1. The summed E-state index contributed by atoms with van der Waals surface area (Å²) in [4.78, 5) is 80.1. The second-order valence-corrected chi connectivity index (χ2v) is 10.3. The molecule has 0 bridgehead atoms. The van der Waals surface area contributed by atoms with Gasteiger partial charge in [0, 0.05) is 19.8 Å². The summed E-state index contributed by atoms with van der Waals surface area (Å²) in [6.45, 7) is -0.989. The number of aliphatic hydroxyl groups excluding tert-OH is 3. The number of rotatable bonds is 12. The van der Waals surface area contributed by atoms with Gasteiger partial charge in [-0.15, -0.1) is 0 Å². The van der Waals surface area contributed by atoms with Crippen LogP contribution < -0.4 is 0 Å². The monoisotopic (exact) mass is 629 g/mol. The van der Waals surface area contributed by atoms with Crippen molar-refractivity contribution in [1.29, 1.82) is 0 Å². The molecular weight excluding hydrogens is 605 g/mol. The standard InChI is InChI=1S/C30H24BN3O12/c35-13-10-16-4-1-7-19-22(16)28(41)32(25(19)38)44-31(45-33-26(39)20-8-2-5-17(11-14-36)23(20)29(33)42)46-34-27(40)21-9-3-6-18(12-15-37)24(21)30(34)43/h1-9,35-37H,10-15H2. The molecule has 0 spiro atoms. The maximum atomic E-state index is 13.4. The van der Waals surface area contributed by atoms with Gasteiger partial charge in [0.05, 0.1) is 33.4 Å². The molecule has 3 aromatic carbocycles. The summed E-state index contributed by atoms with van der Waals surface area (Å²) in [6.07, 6.45) is 0.0919. The third-order valence-corrected chi connectivity index (χ3v) is 7.61. The minimum atomic E-state index is -2.43. The fraction of sp³-hybridized carbons (Fsp3) is 0.200. The maximum absolute atomic E-state index is 13.4. The highest BCUT2D eigenvalue weighted by atomic mass is 16.9. The Hall–Kier alpha value is -5.10. The highest BCUT2D eigenvalue weighted by Crippen LogP contribution is 2.32. The predicted octanol–water partition coefficient (Wildman–Crippen LogP) is 0.259. The van der Waals surface area contributed by atoms with Crippen molar-refractivity contribution in [1.82, 2.24) is 15.2 Å². The van der Waals surface area contributed by atoms with Crippen LogP contribution in [-0.4, -0.2) is 93.1 Å². The molecule has 0 atom stereocenters. The Bertz CT molecular complexity index is 1620. The van der Waals surface area contributed by atoms with Crippen LogP contribution in [0.2, 0.25) is 0 Å². The fourth-order valence-corrected chi connectivity index (χ4v) is 5.59. The van der Waals surface area contributed by atoms with Gasteiger partial charge in [-0.3, -0.25) is 43.0 Å². The van der Waals surface area contributed by atoms with Gasteiger partial charge in [0.15, 0.2) is 0 Å². The van der Waals surface area contributed by atoms with Crippen molar-refractivity contribution >= 4 is 42.8 Å². The third-order valence-electron chi connectivity index (χ3n) is 7.61. The zero-order chi connectivity index (χ0) is 32.7. The van der Waals surface area contributed by atoms with Crippen molar-refractivity contribution in [2.45, 2.75) is 19.3 Å². The summed E-state index contributed by atoms with van der Waals surface area (Å²) in [5, 5.41) is 29.0. The molecule has 6 amide bonds. The van der Waals surface area contributed by atoms with E-state index in [0.29, 0.717) is 16.7 Å². The van der Waals surface area contributed by atoms with Gasteiger partial charge in [-0.2, -0.15) is 15.2 Å². The van der Waals surface area contributed by atoms with Crippen LogP contribution in [0.4, 0.5) is 0 Å². The first kappa shape index (κ1) is 30.9. The quantitative estimate of drug-likeness (QED) is 0.183. The number of carbonyl (C=O) groups is 6. The molecule has 3 aliphatic heterocycles. The van der Waals surface area contributed by atoms with Gasteiger partial charge < -0.3 is 15.3 Å². The van der Waals surface area contributed by atoms with Crippen molar-refractivity contribution in [3.05, 3.63) is 105 Å². The normalized spacial score (nSPS) is 15.3. The molecule has 6 rings (SSSR count). The Kier molecular flexibility index (Phi) is 8.31. The highest BCUT2D eigenvalue weighted by molar-refractivity contribution is 6.39. The lowest BCUT2D eigenvalue weighted by molar-refractivity contribution is -0.135. The summed E-state index contributed by atoms with van der Waals surface area (Å²) in [5.74, 6) is -5.96. The molecule has 0 aromatic heterocycles. The molecule has 0 fully saturated rings. The molecule has 0 aliphatic carbocycles. The number of nitrogens with zero attached hydrogens (tertiary/aromatic N) is 3. The van der Waals surface area contributed by atoms with E-state index in [1.165, 1.54) is 54.6 Å². The van der Waals surface area contributed by atoms with E-state index in [2.05, 4.69) is 0 Å². The van der Waals surface area contributed by atoms with E-state index < -0.39 is 42.8 Å². The molecule has 15 nitrogen and oxygen atoms in total. The molecule has 3 aromatic rings. The predicted molar refractivity (Wildman–Crippen MR) is 152 cm³/mol. The van der Waals surface area contributed by atoms with Crippen molar-refractivity contribution in [3.8, 4) is 0 Å². The van der Waals surface area contributed by atoms with Crippen LogP contribution >= 0.6 is 0 Å². The number of hydrogen-bond acceptors (Lipinski definition) is 12. The molecule has 16 heteroatoms. The third kappa shape index (κ3) is 4.98. The Morgan fingerprint density at radius 1 is 0.457 bits per heavy atom. The lowest BCUT2D eigenvalue weighted by Gasteiger charge is -2.24. The summed E-state index contributed by atoms with van der Waals surface area (Å²) in [7, 11) is -2.43. The number of hydroxylamine groups is 6. The maximum Gasteiger partial charge on any atom is 0.709 e. The summed E-state index contributed by atoms with van der Waals surface area (Å²) >= 11 is 0. The largest absolute Gasteiger partial charge is 0.709 e. The van der Waals surface area contributed by atoms with Gasteiger partial charge in [0.25, 0.3) is 35.4 Å². The number of amides is 6. The van der Waals surface area contributed by atoms with E-state index in [0.717, 1.165) is 0 Å². The van der Waals surface area contributed by atoms with Crippen LogP contribution in [-0.2, 0) is 33.5 Å². The number of benzene rings is 3. The van der Waals surface area contributed by atoms with Crippen molar-refractivity contribution < 1.29 is 58.4 Å². The lowest BCUT2D eigenvalue weighted by Crippen LogP contribution is -2.49. The van der Waals surface area contributed by atoms with Crippen LogP contribution in [0.3, 0.4) is 0 Å². The number of aliphatic hydroxyl groups is 3. The van der Waals surface area contributed by atoms with E-state index in [-0.39, 0.29) is 87.7 Å². The molecule has 0 saturated heterocycles. The fourth-order valence-electron chi connectivity index (χ4n) is 5.59. The smallest absolute Gasteiger partial charge is 0.396 e. The van der Waals surface area contributed by atoms with Gasteiger partial charge >= 0.3 is 7.32 Å². The minimum Gasteiger partial charge on any atom is -0.396 e. The first-order valence-corrected chi connectivity index (χ1v) is 14.1. The topological polar surface area (TPSA) is 201 Å². The zero-order valence-corrected chi connectivity index (χ0v) is 23.9. The summed E-state index contributed by atoms with van der Waals surface area (Å²) in [5.41, 5.74) is 0.497. The molecule has 234 valence electrons. The Morgan fingerprint density at radius 2 is 0.739 bits per heavy atom. The molecular formula is C30H24BN3O12. The lowest BCUT2D eigenvalue weighted by atomic mass is 10.0. The van der Waals surface area contributed by atoms with Crippen LogP contribution in [0.1, 0.15) is 78.8 Å². The van der Waals surface area contributed by atoms with Crippen molar-refractivity contribution in [3.63, 3.8) is 0 Å². The molecule has 0 radical (unpaired) electrons. The average Bonchev–Trinajstić information content (AvgIpc) is 3.55. The Balaban J connectivity index is 1.34.